The monoisotopic (exact) mass is 436 g/mol. The van der Waals surface area contributed by atoms with Crippen LogP contribution in [0.2, 0.25) is 5.02 Å². The summed E-state index contributed by atoms with van der Waals surface area (Å²) in [5.41, 5.74) is -2.35. The van der Waals surface area contributed by atoms with Crippen LogP contribution in [0.4, 0.5) is 18.0 Å². The van der Waals surface area contributed by atoms with Gasteiger partial charge in [-0.15, -0.1) is 0 Å². The topological polar surface area (TPSA) is 94.1 Å². The molecule has 0 aliphatic carbocycles. The maximum atomic E-state index is 12.4. The van der Waals surface area contributed by atoms with Gasteiger partial charge in [0.05, 0.1) is 12.8 Å². The molecular formula is C16H12ClF3N2O5S. The average molecular weight is 437 g/mol. The molecule has 12 heteroatoms. The Morgan fingerprint density at radius 1 is 1.04 bits per heavy atom. The van der Waals surface area contributed by atoms with E-state index in [2.05, 4.69) is 19.4 Å². The van der Waals surface area contributed by atoms with E-state index in [1.807, 2.05) is 0 Å². The predicted octanol–water partition coefficient (Wildman–Crippen LogP) is 3.68. The fourth-order valence-electron chi connectivity index (χ4n) is 1.89. The van der Waals surface area contributed by atoms with E-state index in [4.69, 9.17) is 11.6 Å². The minimum atomic E-state index is -5.78. The summed E-state index contributed by atoms with van der Waals surface area (Å²) in [6, 6.07) is 10.9. The maximum Gasteiger partial charge on any atom is 0.534 e. The third-order valence-electron chi connectivity index (χ3n) is 3.18. The zero-order chi connectivity index (χ0) is 20.9. The second-order valence-corrected chi connectivity index (χ2v) is 7.05. The Balaban J connectivity index is 2.36. The molecule has 28 heavy (non-hydrogen) atoms. The summed E-state index contributed by atoms with van der Waals surface area (Å²) in [7, 11) is -4.65. The van der Waals surface area contributed by atoms with E-state index in [1.165, 1.54) is 12.1 Å². The second-order valence-electron chi connectivity index (χ2n) is 5.08. The van der Waals surface area contributed by atoms with Crippen molar-refractivity contribution in [2.45, 2.75) is 5.51 Å². The number of amides is 1. The fraction of sp³-hybridized carbons (Fsp3) is 0.125. The minimum absolute atomic E-state index is 0.215. The standard InChI is InChI=1S/C16H12ClF3N2O5S/c1-26-15(23)22-21-14(10-2-6-12(17)7-3-10)11-4-8-13(9-5-11)27-28(24,25)16(18,19)20/h2-9H,1H3,(H,22,23). The summed E-state index contributed by atoms with van der Waals surface area (Å²) >= 11 is 5.84. The number of hydrogen-bond donors (Lipinski definition) is 1. The molecule has 1 amide bonds. The molecule has 0 aliphatic rings. The highest BCUT2D eigenvalue weighted by atomic mass is 35.5. The van der Waals surface area contributed by atoms with Crippen LogP contribution in [0, 0.1) is 0 Å². The van der Waals surface area contributed by atoms with Gasteiger partial charge in [-0.05, 0) is 36.4 Å². The van der Waals surface area contributed by atoms with E-state index in [0.29, 0.717) is 16.1 Å². The summed E-state index contributed by atoms with van der Waals surface area (Å²) in [6.45, 7) is 0. The highest BCUT2D eigenvalue weighted by molar-refractivity contribution is 7.88. The van der Waals surface area contributed by atoms with Crippen molar-refractivity contribution in [1.29, 1.82) is 0 Å². The van der Waals surface area contributed by atoms with Gasteiger partial charge in [0.2, 0.25) is 0 Å². The third kappa shape index (κ3) is 5.36. The van der Waals surface area contributed by atoms with Crippen molar-refractivity contribution in [1.82, 2.24) is 5.43 Å². The highest BCUT2D eigenvalue weighted by Crippen LogP contribution is 2.27. The Kier molecular flexibility index (Phi) is 6.52. The molecule has 0 atom stereocenters. The Labute approximate surface area is 162 Å². The number of alkyl halides is 3. The van der Waals surface area contributed by atoms with Gasteiger partial charge in [-0.25, -0.2) is 10.2 Å². The summed E-state index contributed by atoms with van der Waals surface area (Å²) in [6.07, 6.45) is -0.845. The van der Waals surface area contributed by atoms with Crippen molar-refractivity contribution >= 4 is 33.5 Å². The van der Waals surface area contributed by atoms with Gasteiger partial charge in [0.25, 0.3) is 0 Å². The van der Waals surface area contributed by atoms with Crippen LogP contribution in [0.25, 0.3) is 0 Å². The first-order valence-electron chi connectivity index (χ1n) is 7.32. The number of ether oxygens (including phenoxy) is 1. The molecule has 0 aromatic heterocycles. The Morgan fingerprint density at radius 3 is 2.00 bits per heavy atom. The van der Waals surface area contributed by atoms with Gasteiger partial charge in [0, 0.05) is 16.1 Å². The molecular weight excluding hydrogens is 425 g/mol. The van der Waals surface area contributed by atoms with Crippen molar-refractivity contribution in [3.05, 3.63) is 64.7 Å². The lowest BCUT2D eigenvalue weighted by Crippen LogP contribution is -2.28. The first-order valence-corrected chi connectivity index (χ1v) is 9.11. The zero-order valence-electron chi connectivity index (χ0n) is 14.0. The predicted molar refractivity (Wildman–Crippen MR) is 94.7 cm³/mol. The number of nitrogens with one attached hydrogen (secondary N) is 1. The molecule has 0 radical (unpaired) electrons. The molecule has 2 aromatic rings. The summed E-state index contributed by atoms with van der Waals surface area (Å²) < 4.78 is 67.8. The quantitative estimate of drug-likeness (QED) is 0.334. The van der Waals surface area contributed by atoms with Crippen LogP contribution < -0.4 is 9.61 Å². The van der Waals surface area contributed by atoms with E-state index in [9.17, 15) is 26.4 Å². The van der Waals surface area contributed by atoms with Gasteiger partial charge in [0.1, 0.15) is 5.75 Å². The molecule has 2 aromatic carbocycles. The Bertz CT molecular complexity index is 975. The zero-order valence-corrected chi connectivity index (χ0v) is 15.6. The molecule has 0 saturated carbocycles. The lowest BCUT2D eigenvalue weighted by Gasteiger charge is -2.11. The smallest absolute Gasteiger partial charge is 0.452 e. The van der Waals surface area contributed by atoms with E-state index >= 15 is 0 Å². The van der Waals surface area contributed by atoms with Gasteiger partial charge in [-0.1, -0.05) is 23.7 Å². The van der Waals surface area contributed by atoms with Gasteiger partial charge < -0.3 is 8.92 Å². The van der Waals surface area contributed by atoms with Crippen molar-refractivity contribution in [3.8, 4) is 5.75 Å². The average Bonchev–Trinajstić information content (AvgIpc) is 2.63. The maximum absolute atomic E-state index is 12.4. The lowest BCUT2D eigenvalue weighted by molar-refractivity contribution is -0.0500. The molecule has 0 unspecified atom stereocenters. The summed E-state index contributed by atoms with van der Waals surface area (Å²) in [5, 5.41) is 4.37. The number of methoxy groups -OCH3 is 1. The third-order valence-corrected chi connectivity index (χ3v) is 4.41. The lowest BCUT2D eigenvalue weighted by atomic mass is 10.0. The first-order chi connectivity index (χ1) is 13.0. The Morgan fingerprint density at radius 2 is 1.54 bits per heavy atom. The molecule has 0 bridgehead atoms. The number of halogens is 4. The van der Waals surface area contributed by atoms with E-state index in [0.717, 1.165) is 19.2 Å². The van der Waals surface area contributed by atoms with Gasteiger partial charge in [-0.2, -0.15) is 26.7 Å². The van der Waals surface area contributed by atoms with Crippen molar-refractivity contribution in [2.75, 3.05) is 7.11 Å². The van der Waals surface area contributed by atoms with Gasteiger partial charge in [-0.3, -0.25) is 0 Å². The number of rotatable bonds is 5. The molecule has 1 N–H and O–H groups in total. The van der Waals surface area contributed by atoms with Crippen LogP contribution in [0.1, 0.15) is 11.1 Å². The van der Waals surface area contributed by atoms with Crippen LogP contribution in [0.15, 0.2) is 53.6 Å². The fourth-order valence-corrected chi connectivity index (χ4v) is 2.48. The normalized spacial score (nSPS) is 12.4. The van der Waals surface area contributed by atoms with E-state index in [1.54, 1.807) is 24.3 Å². The number of benzene rings is 2. The highest BCUT2D eigenvalue weighted by Gasteiger charge is 2.48. The number of hydrazone groups is 1. The molecule has 0 spiro atoms. The largest absolute Gasteiger partial charge is 0.534 e. The minimum Gasteiger partial charge on any atom is -0.452 e. The molecule has 2 rings (SSSR count). The SMILES string of the molecule is COC(=O)NN=C(c1ccc(Cl)cc1)c1ccc(OS(=O)(=O)C(F)(F)F)cc1. The van der Waals surface area contributed by atoms with Crippen LogP contribution in [-0.2, 0) is 14.9 Å². The summed E-state index contributed by atoms with van der Waals surface area (Å²) in [5.74, 6) is -0.544. The second kappa shape index (κ2) is 8.48. The first kappa shape index (κ1) is 21.5. The van der Waals surface area contributed by atoms with Gasteiger partial charge in [0.15, 0.2) is 0 Å². The van der Waals surface area contributed by atoms with E-state index < -0.39 is 27.5 Å². The number of hydrogen-bond acceptors (Lipinski definition) is 6. The molecule has 0 aliphatic heterocycles. The van der Waals surface area contributed by atoms with Crippen LogP contribution in [0.3, 0.4) is 0 Å². The Hall–Kier alpha value is -2.79. The van der Waals surface area contributed by atoms with Crippen LogP contribution in [0.5, 0.6) is 5.75 Å². The molecule has 0 heterocycles. The number of carbonyl (C=O) groups is 1. The van der Waals surface area contributed by atoms with Crippen molar-refractivity contribution in [2.24, 2.45) is 5.10 Å². The molecule has 0 fully saturated rings. The molecule has 150 valence electrons. The molecule has 0 saturated heterocycles. The van der Waals surface area contributed by atoms with Crippen LogP contribution >= 0.6 is 11.6 Å². The van der Waals surface area contributed by atoms with E-state index in [-0.39, 0.29) is 5.71 Å². The number of carbonyl (C=O) groups excluding carboxylic acids is 1. The van der Waals surface area contributed by atoms with Crippen molar-refractivity contribution in [3.63, 3.8) is 0 Å². The number of nitrogens with zero attached hydrogens (tertiary/aromatic N) is 1. The van der Waals surface area contributed by atoms with Crippen molar-refractivity contribution < 1.29 is 35.3 Å². The molecule has 7 nitrogen and oxygen atoms in total. The van der Waals surface area contributed by atoms with Gasteiger partial charge >= 0.3 is 21.7 Å². The van der Waals surface area contributed by atoms with Crippen LogP contribution in [-0.4, -0.2) is 32.8 Å². The summed E-state index contributed by atoms with van der Waals surface area (Å²) in [4.78, 5) is 11.3.